The molecule has 0 fully saturated rings. The van der Waals surface area contributed by atoms with E-state index in [-0.39, 0.29) is 0 Å². The van der Waals surface area contributed by atoms with Gasteiger partial charge in [-0.05, 0) is 42.8 Å². The van der Waals surface area contributed by atoms with Gasteiger partial charge in [-0.25, -0.2) is 4.98 Å². The van der Waals surface area contributed by atoms with Gasteiger partial charge in [0.2, 0.25) is 0 Å². The number of hydrogen-bond donors (Lipinski definition) is 0. The third-order valence-corrected chi connectivity index (χ3v) is 2.82. The highest BCUT2D eigenvalue weighted by Gasteiger charge is 2.00. The van der Waals surface area contributed by atoms with Crippen LogP contribution in [-0.2, 0) is 0 Å². The Labute approximate surface area is 114 Å². The molecule has 0 saturated heterocycles. The van der Waals surface area contributed by atoms with Gasteiger partial charge in [0.25, 0.3) is 0 Å². The van der Waals surface area contributed by atoms with Gasteiger partial charge in [0.15, 0.2) is 0 Å². The van der Waals surface area contributed by atoms with Crippen molar-refractivity contribution in [2.75, 3.05) is 18.5 Å². The van der Waals surface area contributed by atoms with E-state index >= 15 is 0 Å². The number of aromatic nitrogens is 2. The van der Waals surface area contributed by atoms with Crippen molar-refractivity contribution in [3.05, 3.63) is 54.0 Å². The third-order valence-electron chi connectivity index (χ3n) is 2.82. The number of hydrogen-bond acceptors (Lipinski definition) is 3. The molecule has 2 heterocycles. The fraction of sp³-hybridized carbons (Fsp3) is 0.250. The summed E-state index contributed by atoms with van der Waals surface area (Å²) in [5, 5.41) is 0. The van der Waals surface area contributed by atoms with E-state index in [1.807, 2.05) is 48.6 Å². The standard InChI is InChI=1S/C16H19N3/c1-3-13-19(2)16-9-6-8-15(18-16)11-10-14-7-4-5-12-17-14/h4-12H,3,13H2,1-2H3/b11-10+. The predicted octanol–water partition coefficient (Wildman–Crippen LogP) is 3.49. The van der Waals surface area contributed by atoms with Crippen molar-refractivity contribution in [3.63, 3.8) is 0 Å². The van der Waals surface area contributed by atoms with Gasteiger partial charge in [-0.15, -0.1) is 0 Å². The molecule has 2 aromatic rings. The van der Waals surface area contributed by atoms with Gasteiger partial charge in [-0.3, -0.25) is 4.98 Å². The van der Waals surface area contributed by atoms with E-state index in [2.05, 4.69) is 28.8 Å². The molecule has 3 nitrogen and oxygen atoms in total. The van der Waals surface area contributed by atoms with E-state index in [9.17, 15) is 0 Å². The smallest absolute Gasteiger partial charge is 0.128 e. The Kier molecular flexibility index (Phi) is 4.67. The molecule has 0 aliphatic heterocycles. The first-order valence-corrected chi connectivity index (χ1v) is 6.57. The van der Waals surface area contributed by atoms with Crippen molar-refractivity contribution >= 4 is 18.0 Å². The molecule has 2 rings (SSSR count). The summed E-state index contributed by atoms with van der Waals surface area (Å²) >= 11 is 0. The molecule has 0 atom stereocenters. The van der Waals surface area contributed by atoms with Crippen molar-refractivity contribution in [3.8, 4) is 0 Å². The van der Waals surface area contributed by atoms with Gasteiger partial charge in [0.1, 0.15) is 5.82 Å². The first-order chi connectivity index (χ1) is 9.29. The summed E-state index contributed by atoms with van der Waals surface area (Å²) in [7, 11) is 2.07. The molecule has 0 aliphatic rings. The minimum absolute atomic E-state index is 0.941. The monoisotopic (exact) mass is 253 g/mol. The second-order valence-electron chi connectivity index (χ2n) is 4.43. The van der Waals surface area contributed by atoms with Crippen molar-refractivity contribution < 1.29 is 0 Å². The van der Waals surface area contributed by atoms with E-state index in [0.29, 0.717) is 0 Å². The second-order valence-corrected chi connectivity index (χ2v) is 4.43. The van der Waals surface area contributed by atoms with Crippen LogP contribution >= 0.6 is 0 Å². The van der Waals surface area contributed by atoms with Crippen LogP contribution in [0.15, 0.2) is 42.6 Å². The van der Waals surface area contributed by atoms with Crippen LogP contribution in [0.4, 0.5) is 5.82 Å². The average molecular weight is 253 g/mol. The highest BCUT2D eigenvalue weighted by atomic mass is 15.2. The van der Waals surface area contributed by atoms with Crippen LogP contribution in [0.1, 0.15) is 24.7 Å². The van der Waals surface area contributed by atoms with Crippen LogP contribution in [0.3, 0.4) is 0 Å². The highest BCUT2D eigenvalue weighted by Crippen LogP contribution is 2.12. The molecule has 0 saturated carbocycles. The van der Waals surface area contributed by atoms with Crippen molar-refractivity contribution in [2.45, 2.75) is 13.3 Å². The summed E-state index contributed by atoms with van der Waals surface area (Å²) < 4.78 is 0. The maximum atomic E-state index is 4.62. The Morgan fingerprint density at radius 3 is 2.58 bits per heavy atom. The van der Waals surface area contributed by atoms with Gasteiger partial charge in [0, 0.05) is 19.8 Å². The van der Waals surface area contributed by atoms with Crippen LogP contribution in [-0.4, -0.2) is 23.6 Å². The van der Waals surface area contributed by atoms with Crippen LogP contribution in [0.2, 0.25) is 0 Å². The normalized spacial score (nSPS) is 10.8. The molecule has 0 amide bonds. The molecular formula is C16H19N3. The largest absolute Gasteiger partial charge is 0.360 e. The van der Waals surface area contributed by atoms with E-state index in [1.165, 1.54) is 0 Å². The van der Waals surface area contributed by atoms with Crippen molar-refractivity contribution in [1.82, 2.24) is 9.97 Å². The minimum atomic E-state index is 0.941. The van der Waals surface area contributed by atoms with Crippen molar-refractivity contribution in [1.29, 1.82) is 0 Å². The Hall–Kier alpha value is -2.16. The van der Waals surface area contributed by atoms with E-state index in [4.69, 9.17) is 0 Å². The molecule has 19 heavy (non-hydrogen) atoms. The molecule has 2 aromatic heterocycles. The maximum Gasteiger partial charge on any atom is 0.128 e. The Bertz CT molecular complexity index is 535. The Morgan fingerprint density at radius 2 is 1.84 bits per heavy atom. The van der Waals surface area contributed by atoms with Gasteiger partial charge in [-0.2, -0.15) is 0 Å². The zero-order valence-corrected chi connectivity index (χ0v) is 11.5. The molecule has 0 N–H and O–H groups in total. The third kappa shape index (κ3) is 3.91. The predicted molar refractivity (Wildman–Crippen MR) is 81.0 cm³/mol. The number of rotatable bonds is 5. The Balaban J connectivity index is 2.13. The molecule has 3 heteroatoms. The minimum Gasteiger partial charge on any atom is -0.360 e. The number of anilines is 1. The molecule has 0 bridgehead atoms. The van der Waals surface area contributed by atoms with Crippen LogP contribution in [0, 0.1) is 0 Å². The number of pyridine rings is 2. The lowest BCUT2D eigenvalue weighted by molar-refractivity contribution is 0.837. The lowest BCUT2D eigenvalue weighted by Crippen LogP contribution is -2.18. The van der Waals surface area contributed by atoms with E-state index in [1.54, 1.807) is 6.20 Å². The van der Waals surface area contributed by atoms with Crippen LogP contribution in [0.5, 0.6) is 0 Å². The summed E-state index contributed by atoms with van der Waals surface area (Å²) in [5.41, 5.74) is 1.89. The van der Waals surface area contributed by atoms with E-state index < -0.39 is 0 Å². The van der Waals surface area contributed by atoms with Gasteiger partial charge >= 0.3 is 0 Å². The summed E-state index contributed by atoms with van der Waals surface area (Å²) in [6.45, 7) is 3.18. The summed E-state index contributed by atoms with van der Waals surface area (Å²) in [4.78, 5) is 11.0. The summed E-state index contributed by atoms with van der Waals surface area (Å²) in [5.74, 6) is 1.00. The molecule has 0 unspecified atom stereocenters. The zero-order valence-electron chi connectivity index (χ0n) is 11.5. The van der Waals surface area contributed by atoms with Gasteiger partial charge in [0.05, 0.1) is 11.4 Å². The first-order valence-electron chi connectivity index (χ1n) is 6.57. The molecule has 0 aliphatic carbocycles. The molecule has 0 spiro atoms. The topological polar surface area (TPSA) is 29.0 Å². The lowest BCUT2D eigenvalue weighted by Gasteiger charge is -2.17. The molecule has 0 radical (unpaired) electrons. The summed E-state index contributed by atoms with van der Waals surface area (Å²) in [6, 6.07) is 11.9. The second kappa shape index (κ2) is 6.69. The number of nitrogens with zero attached hydrogens (tertiary/aromatic N) is 3. The molecule has 98 valence electrons. The van der Waals surface area contributed by atoms with Gasteiger partial charge < -0.3 is 4.90 Å². The van der Waals surface area contributed by atoms with Crippen LogP contribution < -0.4 is 4.90 Å². The van der Waals surface area contributed by atoms with Crippen molar-refractivity contribution in [2.24, 2.45) is 0 Å². The molecular weight excluding hydrogens is 234 g/mol. The lowest BCUT2D eigenvalue weighted by atomic mass is 10.2. The maximum absolute atomic E-state index is 4.62. The van der Waals surface area contributed by atoms with Crippen LogP contribution in [0.25, 0.3) is 12.2 Å². The fourth-order valence-electron chi connectivity index (χ4n) is 1.84. The van der Waals surface area contributed by atoms with E-state index in [0.717, 1.165) is 30.2 Å². The Morgan fingerprint density at radius 1 is 1.05 bits per heavy atom. The van der Waals surface area contributed by atoms with Gasteiger partial charge in [-0.1, -0.05) is 19.1 Å². The highest BCUT2D eigenvalue weighted by molar-refractivity contribution is 5.66. The average Bonchev–Trinajstić information content (AvgIpc) is 2.47. The summed E-state index contributed by atoms with van der Waals surface area (Å²) in [6.07, 6.45) is 6.88. The SMILES string of the molecule is CCCN(C)c1cccc(/C=C/c2ccccn2)n1. The fourth-order valence-corrected chi connectivity index (χ4v) is 1.84. The quantitative estimate of drug-likeness (QED) is 0.816. The molecule has 0 aromatic carbocycles. The zero-order chi connectivity index (χ0) is 13.5. The first kappa shape index (κ1) is 13.3.